The van der Waals surface area contributed by atoms with Gasteiger partial charge >= 0.3 is 0 Å². The average Bonchev–Trinajstić information content (AvgIpc) is 2.72. The molecule has 2 rings (SSSR count). The Bertz CT molecular complexity index is 494. The second-order valence-corrected chi connectivity index (χ2v) is 3.24. The zero-order valence-corrected chi connectivity index (χ0v) is 8.50. The standard InChI is InChI=1S/C8H11N7O/c9-6(16)2-1-3-11-7-4-10-5-8-12-13-14-15(7)8/h4-5,11H,1-3H2,(H2,9,16). The highest BCUT2D eigenvalue weighted by Gasteiger charge is 2.02. The van der Waals surface area contributed by atoms with Crippen molar-refractivity contribution in [3.8, 4) is 0 Å². The Morgan fingerprint density at radius 3 is 3.19 bits per heavy atom. The number of nitrogens with zero attached hydrogens (tertiary/aromatic N) is 5. The molecular weight excluding hydrogens is 210 g/mol. The maximum absolute atomic E-state index is 10.5. The van der Waals surface area contributed by atoms with Gasteiger partial charge in [-0.15, -0.1) is 5.10 Å². The summed E-state index contributed by atoms with van der Waals surface area (Å²) in [6, 6.07) is 0. The molecule has 0 fully saturated rings. The molecular formula is C8H11N7O. The van der Waals surface area contributed by atoms with Gasteiger partial charge in [0.25, 0.3) is 0 Å². The van der Waals surface area contributed by atoms with Crippen LogP contribution in [0.25, 0.3) is 5.65 Å². The Morgan fingerprint density at radius 2 is 2.38 bits per heavy atom. The highest BCUT2D eigenvalue weighted by Crippen LogP contribution is 2.05. The smallest absolute Gasteiger partial charge is 0.217 e. The van der Waals surface area contributed by atoms with Crippen LogP contribution in [0.1, 0.15) is 12.8 Å². The van der Waals surface area contributed by atoms with Gasteiger partial charge in [-0.1, -0.05) is 0 Å². The monoisotopic (exact) mass is 221 g/mol. The molecule has 8 heteroatoms. The molecule has 0 aliphatic heterocycles. The quantitative estimate of drug-likeness (QED) is 0.639. The lowest BCUT2D eigenvalue weighted by atomic mass is 10.3. The molecule has 2 aromatic heterocycles. The lowest BCUT2D eigenvalue weighted by Gasteiger charge is -2.05. The van der Waals surface area contributed by atoms with E-state index in [0.29, 0.717) is 30.9 Å². The minimum atomic E-state index is -0.305. The number of aromatic nitrogens is 5. The van der Waals surface area contributed by atoms with Crippen molar-refractivity contribution >= 4 is 17.4 Å². The molecule has 16 heavy (non-hydrogen) atoms. The summed E-state index contributed by atoms with van der Waals surface area (Å²) in [5.74, 6) is 0.382. The van der Waals surface area contributed by atoms with Crippen molar-refractivity contribution in [2.75, 3.05) is 11.9 Å². The third-order valence-corrected chi connectivity index (χ3v) is 2.01. The van der Waals surface area contributed by atoms with E-state index < -0.39 is 0 Å². The molecule has 0 aliphatic carbocycles. The van der Waals surface area contributed by atoms with Crippen LogP contribution in [0.2, 0.25) is 0 Å². The van der Waals surface area contributed by atoms with Gasteiger partial charge in [-0.2, -0.15) is 4.52 Å². The SMILES string of the molecule is NC(=O)CCCNc1cncc2nnnn12. The maximum atomic E-state index is 10.5. The van der Waals surface area contributed by atoms with Crippen molar-refractivity contribution in [3.63, 3.8) is 0 Å². The third kappa shape index (κ3) is 2.22. The van der Waals surface area contributed by atoms with Gasteiger partial charge in [-0.05, 0) is 16.8 Å². The van der Waals surface area contributed by atoms with Crippen LogP contribution >= 0.6 is 0 Å². The van der Waals surface area contributed by atoms with E-state index in [1.807, 2.05) is 0 Å². The average molecular weight is 221 g/mol. The number of carbonyl (C=O) groups excluding carboxylic acids is 1. The molecule has 0 atom stereocenters. The second kappa shape index (κ2) is 4.51. The van der Waals surface area contributed by atoms with Gasteiger partial charge in [-0.3, -0.25) is 9.78 Å². The molecule has 0 bridgehead atoms. The van der Waals surface area contributed by atoms with E-state index in [9.17, 15) is 4.79 Å². The maximum Gasteiger partial charge on any atom is 0.217 e. The number of fused-ring (bicyclic) bond motifs is 1. The molecule has 1 amide bonds. The van der Waals surface area contributed by atoms with Crippen molar-refractivity contribution in [3.05, 3.63) is 12.4 Å². The first-order valence-electron chi connectivity index (χ1n) is 4.81. The Labute approximate surface area is 90.8 Å². The van der Waals surface area contributed by atoms with E-state index in [2.05, 4.69) is 25.8 Å². The topological polar surface area (TPSA) is 111 Å². The predicted octanol–water partition coefficient (Wildman–Crippen LogP) is -0.803. The third-order valence-electron chi connectivity index (χ3n) is 2.01. The molecule has 0 saturated carbocycles. The van der Waals surface area contributed by atoms with E-state index in [4.69, 9.17) is 5.73 Å². The molecule has 0 unspecified atom stereocenters. The zero-order chi connectivity index (χ0) is 11.4. The lowest BCUT2D eigenvalue weighted by Crippen LogP contribution is -2.13. The van der Waals surface area contributed by atoms with Gasteiger partial charge in [0.1, 0.15) is 5.82 Å². The predicted molar refractivity (Wildman–Crippen MR) is 55.5 cm³/mol. The summed E-state index contributed by atoms with van der Waals surface area (Å²) in [6.45, 7) is 0.615. The molecule has 3 N–H and O–H groups in total. The molecule has 0 saturated heterocycles. The normalized spacial score (nSPS) is 10.5. The van der Waals surface area contributed by atoms with E-state index >= 15 is 0 Å². The van der Waals surface area contributed by atoms with Gasteiger partial charge in [-0.25, -0.2) is 0 Å². The first kappa shape index (κ1) is 10.3. The highest BCUT2D eigenvalue weighted by atomic mass is 16.1. The van der Waals surface area contributed by atoms with Crippen LogP contribution in [0.15, 0.2) is 12.4 Å². The molecule has 0 spiro atoms. The van der Waals surface area contributed by atoms with Gasteiger partial charge in [0.2, 0.25) is 5.91 Å². The van der Waals surface area contributed by atoms with E-state index in [1.54, 1.807) is 12.4 Å². The number of nitrogens with two attached hydrogens (primary N) is 1. The van der Waals surface area contributed by atoms with Crippen LogP contribution in [0.5, 0.6) is 0 Å². The number of carbonyl (C=O) groups is 1. The fourth-order valence-electron chi connectivity index (χ4n) is 1.27. The van der Waals surface area contributed by atoms with Crippen molar-refractivity contribution in [2.24, 2.45) is 5.73 Å². The number of hydrogen-bond donors (Lipinski definition) is 2. The number of primary amides is 1. The zero-order valence-electron chi connectivity index (χ0n) is 8.50. The van der Waals surface area contributed by atoms with Gasteiger partial charge in [0.05, 0.1) is 12.4 Å². The minimum absolute atomic E-state index is 0.305. The highest BCUT2D eigenvalue weighted by molar-refractivity contribution is 5.73. The van der Waals surface area contributed by atoms with Crippen molar-refractivity contribution in [2.45, 2.75) is 12.8 Å². The molecule has 0 radical (unpaired) electrons. The Morgan fingerprint density at radius 1 is 1.50 bits per heavy atom. The Balaban J connectivity index is 1.98. The summed E-state index contributed by atoms with van der Waals surface area (Å²) >= 11 is 0. The number of hydrogen-bond acceptors (Lipinski definition) is 6. The van der Waals surface area contributed by atoms with Crippen LogP contribution in [-0.4, -0.2) is 37.5 Å². The number of anilines is 1. The molecule has 84 valence electrons. The second-order valence-electron chi connectivity index (χ2n) is 3.24. The van der Waals surface area contributed by atoms with E-state index in [1.165, 1.54) is 4.52 Å². The number of amides is 1. The molecule has 8 nitrogen and oxygen atoms in total. The van der Waals surface area contributed by atoms with Crippen LogP contribution in [-0.2, 0) is 4.79 Å². The summed E-state index contributed by atoms with van der Waals surface area (Å²) in [6.07, 6.45) is 4.20. The fourth-order valence-corrected chi connectivity index (χ4v) is 1.27. The molecule has 2 aromatic rings. The van der Waals surface area contributed by atoms with Crippen molar-refractivity contribution < 1.29 is 4.79 Å². The first-order chi connectivity index (χ1) is 7.77. The van der Waals surface area contributed by atoms with Gasteiger partial charge in [0.15, 0.2) is 5.65 Å². The fraction of sp³-hybridized carbons (Fsp3) is 0.375. The van der Waals surface area contributed by atoms with E-state index in [-0.39, 0.29) is 5.91 Å². The largest absolute Gasteiger partial charge is 0.370 e. The van der Waals surface area contributed by atoms with Crippen LogP contribution in [0, 0.1) is 0 Å². The number of rotatable bonds is 5. The first-order valence-corrected chi connectivity index (χ1v) is 4.81. The lowest BCUT2D eigenvalue weighted by molar-refractivity contribution is -0.118. The Hall–Kier alpha value is -2.25. The summed E-state index contributed by atoms with van der Waals surface area (Å²) in [7, 11) is 0. The van der Waals surface area contributed by atoms with Crippen molar-refractivity contribution in [1.29, 1.82) is 0 Å². The van der Waals surface area contributed by atoms with Gasteiger partial charge < -0.3 is 11.1 Å². The number of tetrazole rings is 1. The summed E-state index contributed by atoms with van der Waals surface area (Å²) < 4.78 is 1.54. The summed E-state index contributed by atoms with van der Waals surface area (Å²) in [4.78, 5) is 14.5. The summed E-state index contributed by atoms with van der Waals surface area (Å²) in [5, 5.41) is 14.2. The van der Waals surface area contributed by atoms with Gasteiger partial charge in [0, 0.05) is 13.0 Å². The van der Waals surface area contributed by atoms with Crippen LogP contribution in [0.4, 0.5) is 5.82 Å². The minimum Gasteiger partial charge on any atom is -0.370 e. The summed E-state index contributed by atoms with van der Waals surface area (Å²) in [5.41, 5.74) is 5.60. The van der Waals surface area contributed by atoms with E-state index in [0.717, 1.165) is 0 Å². The molecule has 0 aromatic carbocycles. The Kier molecular flexibility index (Phi) is 2.90. The molecule has 2 heterocycles. The van der Waals surface area contributed by atoms with Crippen LogP contribution in [0.3, 0.4) is 0 Å². The van der Waals surface area contributed by atoms with Crippen molar-refractivity contribution in [1.82, 2.24) is 25.0 Å². The molecule has 0 aliphatic rings. The van der Waals surface area contributed by atoms with Crippen LogP contribution < -0.4 is 11.1 Å². The number of nitrogens with one attached hydrogen (secondary N) is 1.